The number of nitrogens with one attached hydrogen (secondary N) is 1. The fourth-order valence-electron chi connectivity index (χ4n) is 5.63. The third-order valence-electron chi connectivity index (χ3n) is 7.69. The van der Waals surface area contributed by atoms with E-state index in [0.717, 1.165) is 18.6 Å². The van der Waals surface area contributed by atoms with Gasteiger partial charge in [-0.3, -0.25) is 5.32 Å². The van der Waals surface area contributed by atoms with Crippen LogP contribution in [0.4, 0.5) is 30.0 Å². The highest BCUT2D eigenvalue weighted by atomic mass is 19.1. The number of benzene rings is 1. The highest BCUT2D eigenvalue weighted by Gasteiger charge is 2.42. The summed E-state index contributed by atoms with van der Waals surface area (Å²) in [6.07, 6.45) is 1.96. The lowest BCUT2D eigenvalue weighted by Crippen LogP contribution is -2.64. The number of anilines is 2. The van der Waals surface area contributed by atoms with Crippen molar-refractivity contribution in [1.29, 1.82) is 0 Å². The Morgan fingerprint density at radius 3 is 2.59 bits per heavy atom. The van der Waals surface area contributed by atoms with Gasteiger partial charge in [-0.2, -0.15) is 4.52 Å². The van der Waals surface area contributed by atoms with Crippen LogP contribution >= 0.6 is 0 Å². The average molecular weight is 542 g/mol. The molecule has 2 aromatic heterocycles. The summed E-state index contributed by atoms with van der Waals surface area (Å²) in [6, 6.07) is 5.57. The first-order valence-electron chi connectivity index (χ1n) is 13.1. The lowest BCUT2D eigenvalue weighted by atomic mass is 9.83. The summed E-state index contributed by atoms with van der Waals surface area (Å²) in [6.45, 7) is 8.77. The maximum Gasteiger partial charge on any atom is 0.407 e. The molecule has 2 saturated heterocycles. The molecule has 0 aliphatic carbocycles. The minimum atomic E-state index is -1.01. The number of carbonyl (C=O) groups is 2. The number of carboxylic acid groups (broad SMARTS) is 1. The van der Waals surface area contributed by atoms with Gasteiger partial charge in [0.1, 0.15) is 17.5 Å². The molecule has 3 aromatic rings. The first-order valence-corrected chi connectivity index (χ1v) is 13.1. The number of urea groups is 1. The number of nitrogens with zero attached hydrogens (tertiary/aromatic N) is 6. The lowest BCUT2D eigenvalue weighted by Gasteiger charge is -2.48. The van der Waals surface area contributed by atoms with E-state index in [1.54, 1.807) is 24.0 Å². The van der Waals surface area contributed by atoms with Crippen molar-refractivity contribution in [3.05, 3.63) is 53.7 Å². The van der Waals surface area contributed by atoms with Gasteiger partial charge in [0.05, 0.1) is 18.3 Å². The van der Waals surface area contributed by atoms with E-state index in [-0.39, 0.29) is 48.2 Å². The van der Waals surface area contributed by atoms with Crippen LogP contribution in [-0.2, 0) is 0 Å². The molecule has 0 spiro atoms. The van der Waals surface area contributed by atoms with Gasteiger partial charge in [0, 0.05) is 31.2 Å². The van der Waals surface area contributed by atoms with Gasteiger partial charge in [0.2, 0.25) is 0 Å². The Balaban J connectivity index is 1.42. The molecule has 1 aromatic carbocycles. The second-order valence-electron chi connectivity index (χ2n) is 11.4. The first kappa shape index (κ1) is 26.6. The van der Waals surface area contributed by atoms with Crippen LogP contribution in [0.3, 0.4) is 0 Å². The molecule has 0 saturated carbocycles. The van der Waals surface area contributed by atoms with Crippen molar-refractivity contribution in [3.63, 3.8) is 0 Å². The third-order valence-corrected chi connectivity index (χ3v) is 7.69. The van der Waals surface area contributed by atoms with Crippen LogP contribution in [0.1, 0.15) is 52.1 Å². The normalized spacial score (nSPS) is 22.0. The van der Waals surface area contributed by atoms with Crippen LogP contribution < -0.4 is 10.2 Å². The number of hydrogen-bond acceptors (Lipinski definition) is 5. The van der Waals surface area contributed by atoms with Crippen molar-refractivity contribution in [3.8, 4) is 0 Å². The second kappa shape index (κ2) is 9.97. The molecule has 3 atom stereocenters. The van der Waals surface area contributed by atoms with Gasteiger partial charge in [-0.25, -0.2) is 23.4 Å². The molecule has 2 aliphatic heterocycles. The van der Waals surface area contributed by atoms with E-state index >= 15 is 0 Å². The van der Waals surface area contributed by atoms with Gasteiger partial charge in [-0.1, -0.05) is 20.8 Å². The first-order chi connectivity index (χ1) is 18.4. The average Bonchev–Trinajstić information content (AvgIpc) is 3.51. The maximum atomic E-state index is 14.6. The molecule has 2 fully saturated rings. The standard InChI is InChI=1S/C27H33F2N7O3/c1-16-14-35(21(27(2,3)4)15-34(16)26(38)39)25(37)31-24-13-30-22-9-10-23(32-36(22)24)33-11-5-6-20(33)18-12-17(28)7-8-19(18)29/h7-10,12-13,16,20-21H,5-6,11,14-15H2,1-4H3,(H,31,37)(H,38,39)/t16?,20-,21?/m1/s1. The summed E-state index contributed by atoms with van der Waals surface area (Å²) >= 11 is 0. The Morgan fingerprint density at radius 1 is 1.10 bits per heavy atom. The largest absolute Gasteiger partial charge is 0.465 e. The summed E-state index contributed by atoms with van der Waals surface area (Å²) in [4.78, 5) is 34.6. The number of aromatic nitrogens is 3. The van der Waals surface area contributed by atoms with Crippen LogP contribution in [0.25, 0.3) is 5.65 Å². The molecule has 4 heterocycles. The molecule has 3 amide bonds. The zero-order chi connectivity index (χ0) is 28.1. The molecule has 2 N–H and O–H groups in total. The van der Waals surface area contributed by atoms with Crippen molar-refractivity contribution in [2.75, 3.05) is 29.9 Å². The van der Waals surface area contributed by atoms with Gasteiger partial charge in [-0.15, -0.1) is 5.10 Å². The van der Waals surface area contributed by atoms with E-state index in [0.29, 0.717) is 30.2 Å². The summed E-state index contributed by atoms with van der Waals surface area (Å²) in [5, 5.41) is 17.2. The zero-order valence-corrected chi connectivity index (χ0v) is 22.4. The topological polar surface area (TPSA) is 106 Å². The Kier molecular flexibility index (Phi) is 6.81. The van der Waals surface area contributed by atoms with E-state index in [4.69, 9.17) is 5.10 Å². The highest BCUT2D eigenvalue weighted by molar-refractivity contribution is 5.89. The number of imidazole rings is 1. The van der Waals surface area contributed by atoms with Crippen LogP contribution in [0, 0.1) is 17.0 Å². The molecule has 12 heteroatoms. The molecular formula is C27H33F2N7O3. The molecule has 208 valence electrons. The van der Waals surface area contributed by atoms with Crippen molar-refractivity contribution >= 4 is 29.4 Å². The quantitative estimate of drug-likeness (QED) is 0.485. The Morgan fingerprint density at radius 2 is 1.87 bits per heavy atom. The van der Waals surface area contributed by atoms with Crippen LogP contribution in [0.15, 0.2) is 36.5 Å². The Bertz CT molecular complexity index is 1410. The number of piperazine rings is 1. The van der Waals surface area contributed by atoms with Gasteiger partial charge < -0.3 is 19.8 Å². The second-order valence-corrected chi connectivity index (χ2v) is 11.4. The lowest BCUT2D eigenvalue weighted by molar-refractivity contribution is 0.0196. The molecule has 0 radical (unpaired) electrons. The molecule has 2 aliphatic rings. The van der Waals surface area contributed by atoms with Crippen LogP contribution in [-0.4, -0.2) is 73.3 Å². The molecular weight excluding hydrogens is 508 g/mol. The van der Waals surface area contributed by atoms with Gasteiger partial charge in [0.15, 0.2) is 11.5 Å². The van der Waals surface area contributed by atoms with E-state index in [9.17, 15) is 23.5 Å². The number of amides is 3. The predicted molar refractivity (Wildman–Crippen MR) is 142 cm³/mol. The van der Waals surface area contributed by atoms with Gasteiger partial charge in [0.25, 0.3) is 0 Å². The summed E-state index contributed by atoms with van der Waals surface area (Å²) in [5.41, 5.74) is 0.433. The van der Waals surface area contributed by atoms with E-state index in [1.807, 2.05) is 25.7 Å². The van der Waals surface area contributed by atoms with E-state index in [1.165, 1.54) is 21.7 Å². The van der Waals surface area contributed by atoms with Crippen LogP contribution in [0.2, 0.25) is 0 Å². The minimum absolute atomic E-state index is 0.204. The fraction of sp³-hybridized carbons (Fsp3) is 0.481. The van der Waals surface area contributed by atoms with Gasteiger partial charge in [-0.05, 0) is 55.5 Å². The zero-order valence-electron chi connectivity index (χ0n) is 22.4. The van der Waals surface area contributed by atoms with Crippen molar-refractivity contribution in [2.24, 2.45) is 5.41 Å². The summed E-state index contributed by atoms with van der Waals surface area (Å²) in [5.74, 6) is -0.0483. The summed E-state index contributed by atoms with van der Waals surface area (Å²) < 4.78 is 30.0. The molecule has 2 unspecified atom stereocenters. The summed E-state index contributed by atoms with van der Waals surface area (Å²) in [7, 11) is 0. The van der Waals surface area contributed by atoms with Crippen molar-refractivity contribution in [1.82, 2.24) is 24.4 Å². The van der Waals surface area contributed by atoms with Gasteiger partial charge >= 0.3 is 12.1 Å². The number of halogens is 2. The Labute approximate surface area is 225 Å². The van der Waals surface area contributed by atoms with E-state index in [2.05, 4.69) is 10.3 Å². The Hall–Kier alpha value is -3.96. The third kappa shape index (κ3) is 5.07. The van der Waals surface area contributed by atoms with Crippen molar-refractivity contribution in [2.45, 2.75) is 58.7 Å². The molecule has 10 nitrogen and oxygen atoms in total. The fourth-order valence-corrected chi connectivity index (χ4v) is 5.63. The monoisotopic (exact) mass is 541 g/mol. The highest BCUT2D eigenvalue weighted by Crippen LogP contribution is 2.37. The number of fused-ring (bicyclic) bond motifs is 1. The predicted octanol–water partition coefficient (Wildman–Crippen LogP) is 4.98. The van der Waals surface area contributed by atoms with E-state index < -0.39 is 17.7 Å². The number of carbonyl (C=O) groups excluding carboxylic acids is 1. The molecule has 0 bridgehead atoms. The van der Waals surface area contributed by atoms with Crippen molar-refractivity contribution < 1.29 is 23.5 Å². The van der Waals surface area contributed by atoms with Crippen LogP contribution in [0.5, 0.6) is 0 Å². The smallest absolute Gasteiger partial charge is 0.407 e. The number of rotatable bonds is 3. The molecule has 39 heavy (non-hydrogen) atoms. The molecule has 5 rings (SSSR count). The SMILES string of the molecule is CC1CN(C(=O)Nc2cnc3ccc(N4CCC[C@@H]4c4cc(F)ccc4F)nn23)C(C(C)(C)C)CN1C(=O)O. The maximum absolute atomic E-state index is 14.6. The number of hydrogen-bond donors (Lipinski definition) is 2. The minimum Gasteiger partial charge on any atom is -0.465 e.